The van der Waals surface area contributed by atoms with E-state index in [4.69, 9.17) is 4.52 Å². The van der Waals surface area contributed by atoms with Crippen LogP contribution >= 0.6 is 0 Å². The molecule has 0 atom stereocenters. The van der Waals surface area contributed by atoms with Gasteiger partial charge in [0.2, 0.25) is 5.91 Å². The van der Waals surface area contributed by atoms with Crippen LogP contribution in [0.4, 0.5) is 0 Å². The molecule has 136 valence electrons. The Kier molecular flexibility index (Phi) is 7.74. The quantitative estimate of drug-likeness (QED) is 0.524. The van der Waals surface area contributed by atoms with Crippen LogP contribution in [0.25, 0.3) is 0 Å². The Balaban J connectivity index is 2.46. The summed E-state index contributed by atoms with van der Waals surface area (Å²) in [5, 5.41) is 13.1. The lowest BCUT2D eigenvalue weighted by Gasteiger charge is -2.21. The maximum Gasteiger partial charge on any atom is 0.239 e. The fraction of sp³-hybridized carbons (Fsp3) is 0.706. The molecule has 7 nitrogen and oxygen atoms in total. The van der Waals surface area contributed by atoms with Crippen molar-refractivity contribution in [2.75, 3.05) is 13.6 Å². The number of hydrogen-bond acceptors (Lipinski definition) is 4. The molecule has 1 heterocycles. The maximum atomic E-state index is 11.8. The normalized spacial score (nSPS) is 12.4. The Labute approximate surface area is 144 Å². The summed E-state index contributed by atoms with van der Waals surface area (Å²) >= 11 is 0. The number of carbonyl (C=O) groups excluding carboxylic acids is 1. The van der Waals surface area contributed by atoms with Gasteiger partial charge in [-0.05, 0) is 33.6 Å². The van der Waals surface area contributed by atoms with E-state index in [-0.39, 0.29) is 18.0 Å². The van der Waals surface area contributed by atoms with Crippen molar-refractivity contribution in [3.05, 3.63) is 17.5 Å². The lowest BCUT2D eigenvalue weighted by Crippen LogP contribution is -2.48. The van der Waals surface area contributed by atoms with E-state index >= 15 is 0 Å². The Morgan fingerprint density at radius 1 is 1.29 bits per heavy atom. The van der Waals surface area contributed by atoms with Gasteiger partial charge in [0.25, 0.3) is 0 Å². The highest BCUT2D eigenvalue weighted by Crippen LogP contribution is 2.22. The molecule has 0 aromatic carbocycles. The highest BCUT2D eigenvalue weighted by Gasteiger charge is 2.15. The van der Waals surface area contributed by atoms with E-state index in [1.165, 1.54) is 0 Å². The summed E-state index contributed by atoms with van der Waals surface area (Å²) in [7, 11) is 1.66. The molecule has 0 aliphatic heterocycles. The summed E-state index contributed by atoms with van der Waals surface area (Å²) in [6.45, 7) is 10.8. The van der Waals surface area contributed by atoms with E-state index in [1.54, 1.807) is 7.05 Å². The van der Waals surface area contributed by atoms with Crippen LogP contribution in [0.5, 0.6) is 0 Å². The van der Waals surface area contributed by atoms with Gasteiger partial charge >= 0.3 is 0 Å². The van der Waals surface area contributed by atoms with Crippen molar-refractivity contribution >= 4 is 11.9 Å². The molecular weight excluding hydrogens is 306 g/mol. The van der Waals surface area contributed by atoms with Gasteiger partial charge in [-0.3, -0.25) is 9.79 Å². The number of aliphatic imine (C=N–C) groups is 1. The summed E-state index contributed by atoms with van der Waals surface area (Å²) in [5.74, 6) is 1.64. The van der Waals surface area contributed by atoms with Gasteiger partial charge in [0.15, 0.2) is 11.7 Å². The van der Waals surface area contributed by atoms with E-state index in [0.717, 1.165) is 24.3 Å². The SMILES string of the molecule is CCC(CC)c1cc(CNC(=NC)NCC(=O)NC(C)(C)C)on1. The van der Waals surface area contributed by atoms with Gasteiger partial charge in [0.05, 0.1) is 18.8 Å². The van der Waals surface area contributed by atoms with Crippen LogP contribution in [0.15, 0.2) is 15.6 Å². The first-order valence-corrected chi connectivity index (χ1v) is 8.50. The summed E-state index contributed by atoms with van der Waals surface area (Å²) in [6.07, 6.45) is 2.09. The summed E-state index contributed by atoms with van der Waals surface area (Å²) in [5.41, 5.74) is 0.741. The van der Waals surface area contributed by atoms with Gasteiger partial charge < -0.3 is 20.5 Å². The molecule has 0 fully saturated rings. The zero-order valence-electron chi connectivity index (χ0n) is 15.7. The van der Waals surface area contributed by atoms with Crippen molar-refractivity contribution in [2.45, 2.75) is 65.5 Å². The van der Waals surface area contributed by atoms with E-state index in [0.29, 0.717) is 18.4 Å². The average Bonchev–Trinajstić information content (AvgIpc) is 2.95. The van der Waals surface area contributed by atoms with Crippen LogP contribution in [-0.4, -0.2) is 36.2 Å². The molecular formula is C17H31N5O2. The molecule has 24 heavy (non-hydrogen) atoms. The van der Waals surface area contributed by atoms with E-state index < -0.39 is 0 Å². The second-order valence-electron chi connectivity index (χ2n) is 6.81. The lowest BCUT2D eigenvalue weighted by atomic mass is 9.99. The number of guanidine groups is 1. The number of nitrogens with zero attached hydrogens (tertiary/aromatic N) is 2. The van der Waals surface area contributed by atoms with Gasteiger partial charge in [-0.1, -0.05) is 19.0 Å². The van der Waals surface area contributed by atoms with Crippen molar-refractivity contribution in [2.24, 2.45) is 4.99 Å². The van der Waals surface area contributed by atoms with E-state index in [9.17, 15) is 4.79 Å². The highest BCUT2D eigenvalue weighted by molar-refractivity contribution is 5.86. The fourth-order valence-electron chi connectivity index (χ4n) is 2.33. The van der Waals surface area contributed by atoms with E-state index in [2.05, 4.69) is 39.9 Å². The minimum absolute atomic E-state index is 0.0823. The van der Waals surface area contributed by atoms with Crippen LogP contribution in [-0.2, 0) is 11.3 Å². The van der Waals surface area contributed by atoms with E-state index in [1.807, 2.05) is 26.8 Å². The Hall–Kier alpha value is -2.05. The number of hydrogen-bond donors (Lipinski definition) is 3. The third-order valence-corrected chi connectivity index (χ3v) is 3.57. The van der Waals surface area contributed by atoms with Crippen molar-refractivity contribution in [1.29, 1.82) is 0 Å². The largest absolute Gasteiger partial charge is 0.359 e. The first-order valence-electron chi connectivity index (χ1n) is 8.50. The van der Waals surface area contributed by atoms with Crippen molar-refractivity contribution in [1.82, 2.24) is 21.1 Å². The molecule has 1 amide bonds. The van der Waals surface area contributed by atoms with Gasteiger partial charge in [-0.2, -0.15) is 0 Å². The Bertz CT molecular complexity index is 541. The number of nitrogens with one attached hydrogen (secondary N) is 3. The van der Waals surface area contributed by atoms with Crippen LogP contribution in [0.1, 0.15) is 64.8 Å². The molecule has 0 saturated heterocycles. The minimum atomic E-state index is -0.249. The Morgan fingerprint density at radius 3 is 2.50 bits per heavy atom. The smallest absolute Gasteiger partial charge is 0.239 e. The van der Waals surface area contributed by atoms with Crippen molar-refractivity contribution < 1.29 is 9.32 Å². The van der Waals surface area contributed by atoms with Crippen LogP contribution in [0.3, 0.4) is 0 Å². The zero-order valence-corrected chi connectivity index (χ0v) is 15.7. The van der Waals surface area contributed by atoms with Crippen molar-refractivity contribution in [3.63, 3.8) is 0 Å². The third-order valence-electron chi connectivity index (χ3n) is 3.57. The molecule has 0 radical (unpaired) electrons. The predicted octanol–water partition coefficient (Wildman–Crippen LogP) is 2.16. The summed E-state index contributed by atoms with van der Waals surface area (Å²) < 4.78 is 5.36. The van der Waals surface area contributed by atoms with Gasteiger partial charge in [0, 0.05) is 24.6 Å². The molecule has 0 saturated carbocycles. The molecule has 0 aliphatic carbocycles. The van der Waals surface area contributed by atoms with Crippen LogP contribution in [0, 0.1) is 0 Å². The molecule has 0 spiro atoms. The van der Waals surface area contributed by atoms with Crippen LogP contribution in [0.2, 0.25) is 0 Å². The van der Waals surface area contributed by atoms with Crippen LogP contribution < -0.4 is 16.0 Å². The minimum Gasteiger partial charge on any atom is -0.359 e. The monoisotopic (exact) mass is 337 g/mol. The highest BCUT2D eigenvalue weighted by atomic mass is 16.5. The Morgan fingerprint density at radius 2 is 1.96 bits per heavy atom. The van der Waals surface area contributed by atoms with Gasteiger partial charge in [-0.15, -0.1) is 0 Å². The standard InChI is InChI=1S/C17H31N5O2/c1-7-12(8-2)14-9-13(24-22-14)10-19-16(18-6)20-11-15(23)21-17(3,4)5/h9,12H,7-8,10-11H2,1-6H3,(H,21,23)(H2,18,19,20). The van der Waals surface area contributed by atoms with Gasteiger partial charge in [-0.25, -0.2) is 0 Å². The molecule has 1 rings (SSSR count). The molecule has 0 aliphatic rings. The topological polar surface area (TPSA) is 91.5 Å². The molecule has 1 aromatic heterocycles. The molecule has 3 N–H and O–H groups in total. The number of carbonyl (C=O) groups is 1. The number of aromatic nitrogens is 1. The lowest BCUT2D eigenvalue weighted by molar-refractivity contribution is -0.121. The second-order valence-corrected chi connectivity index (χ2v) is 6.81. The van der Waals surface area contributed by atoms with Gasteiger partial charge in [0.1, 0.15) is 0 Å². The predicted molar refractivity (Wildman–Crippen MR) is 95.9 cm³/mol. The second kappa shape index (κ2) is 9.30. The fourth-order valence-corrected chi connectivity index (χ4v) is 2.33. The maximum absolute atomic E-state index is 11.8. The molecule has 0 bridgehead atoms. The molecule has 0 unspecified atom stereocenters. The first kappa shape index (κ1) is 20.0. The number of rotatable bonds is 7. The molecule has 7 heteroatoms. The summed E-state index contributed by atoms with van der Waals surface area (Å²) in [6, 6.07) is 1.98. The average molecular weight is 337 g/mol. The third kappa shape index (κ3) is 7.02. The summed E-state index contributed by atoms with van der Waals surface area (Å²) in [4.78, 5) is 15.9. The van der Waals surface area contributed by atoms with Crippen molar-refractivity contribution in [3.8, 4) is 0 Å². The zero-order chi connectivity index (χ0) is 18.2. The first-order chi connectivity index (χ1) is 11.3. The molecule has 1 aromatic rings. The number of amides is 1.